The van der Waals surface area contributed by atoms with Crippen LogP contribution in [0.3, 0.4) is 0 Å². The highest BCUT2D eigenvalue weighted by Gasteiger charge is 2.48. The third kappa shape index (κ3) is 6.17. The smallest absolute Gasteiger partial charge is 0.200 e. The Kier molecular flexibility index (Phi) is 9.76. The van der Waals surface area contributed by atoms with E-state index in [0.29, 0.717) is 22.5 Å². The summed E-state index contributed by atoms with van der Waals surface area (Å²) in [6, 6.07) is 0. The molecule has 0 saturated heterocycles. The molecule has 156 valence electrons. The molecule has 0 aliphatic heterocycles. The molecule has 0 heterocycles. The Morgan fingerprint density at radius 2 is 1.27 bits per heavy atom. The lowest BCUT2D eigenvalue weighted by Crippen LogP contribution is -2.53. The minimum atomic E-state index is -2.03. The third-order valence-electron chi connectivity index (χ3n) is 6.06. The summed E-state index contributed by atoms with van der Waals surface area (Å²) in [4.78, 5) is 12.4. The molecule has 0 unspecified atom stereocenters. The van der Waals surface area contributed by atoms with Gasteiger partial charge in [0.1, 0.15) is 5.78 Å². The van der Waals surface area contributed by atoms with Crippen molar-refractivity contribution in [3.05, 3.63) is 0 Å². The van der Waals surface area contributed by atoms with Gasteiger partial charge in [0.2, 0.25) is 8.32 Å². The summed E-state index contributed by atoms with van der Waals surface area (Å²) in [5.74, 6) is 0.344. The molecule has 0 fully saturated rings. The molecule has 0 aromatic heterocycles. The van der Waals surface area contributed by atoms with Crippen LogP contribution in [0.25, 0.3) is 0 Å². The first-order valence-electron chi connectivity index (χ1n) is 10.5. The van der Waals surface area contributed by atoms with Gasteiger partial charge in [0.05, 0.1) is 12.2 Å². The van der Waals surface area contributed by atoms with Crippen molar-refractivity contribution in [2.45, 2.75) is 118 Å². The zero-order valence-electron chi connectivity index (χ0n) is 19.5. The summed E-state index contributed by atoms with van der Waals surface area (Å²) in [7, 11) is -2.03. The van der Waals surface area contributed by atoms with Crippen LogP contribution in [0.5, 0.6) is 0 Å². The average Bonchev–Trinajstić information content (AvgIpc) is 2.44. The quantitative estimate of drug-likeness (QED) is 0.454. The van der Waals surface area contributed by atoms with Crippen LogP contribution in [0, 0.1) is 17.3 Å². The van der Waals surface area contributed by atoms with Gasteiger partial charge in [-0.1, -0.05) is 83.1 Å². The molecular weight excluding hydrogens is 340 g/mol. The van der Waals surface area contributed by atoms with Gasteiger partial charge in [-0.05, 0) is 22.5 Å². The number of aliphatic hydroxyl groups excluding tert-OH is 1. The molecular formula is C22H46O3Si. The Morgan fingerprint density at radius 3 is 1.54 bits per heavy atom. The molecule has 0 amide bonds. The highest BCUT2D eigenvalue weighted by Crippen LogP contribution is 2.44. The largest absolute Gasteiger partial charge is 0.413 e. The Balaban J connectivity index is 5.61. The van der Waals surface area contributed by atoms with E-state index in [2.05, 4.69) is 55.4 Å². The second-order valence-electron chi connectivity index (χ2n) is 10.4. The molecule has 4 heteroatoms. The predicted molar refractivity (Wildman–Crippen MR) is 115 cm³/mol. The summed E-state index contributed by atoms with van der Waals surface area (Å²) in [5, 5.41) is 10.8. The minimum absolute atomic E-state index is 0.0309. The van der Waals surface area contributed by atoms with Crippen molar-refractivity contribution >= 4 is 14.1 Å². The first-order valence-corrected chi connectivity index (χ1v) is 12.6. The minimum Gasteiger partial charge on any atom is -0.413 e. The molecule has 3 nitrogen and oxygen atoms in total. The van der Waals surface area contributed by atoms with Gasteiger partial charge in [-0.2, -0.15) is 0 Å². The summed E-state index contributed by atoms with van der Waals surface area (Å²) >= 11 is 0. The van der Waals surface area contributed by atoms with Gasteiger partial charge in [0.25, 0.3) is 0 Å². The summed E-state index contributed by atoms with van der Waals surface area (Å²) < 4.78 is 7.00. The van der Waals surface area contributed by atoms with Crippen molar-refractivity contribution in [3.63, 3.8) is 0 Å². The van der Waals surface area contributed by atoms with E-state index in [-0.39, 0.29) is 24.2 Å². The Hall–Kier alpha value is -0.193. The van der Waals surface area contributed by atoms with Gasteiger partial charge in [-0.3, -0.25) is 4.79 Å². The second kappa shape index (κ2) is 9.84. The van der Waals surface area contributed by atoms with Crippen molar-refractivity contribution in [2.75, 3.05) is 0 Å². The number of carbonyl (C=O) groups excluding carboxylic acids is 1. The molecule has 3 atom stereocenters. The van der Waals surface area contributed by atoms with Crippen LogP contribution in [-0.4, -0.2) is 31.4 Å². The highest BCUT2D eigenvalue weighted by atomic mass is 28.4. The van der Waals surface area contributed by atoms with Gasteiger partial charge in [-0.15, -0.1) is 0 Å². The van der Waals surface area contributed by atoms with Crippen molar-refractivity contribution in [1.82, 2.24) is 0 Å². The Labute approximate surface area is 164 Å². The maximum absolute atomic E-state index is 12.4. The number of Topliss-reactive ketones (excluding diaryl/α,β-unsaturated/α-hetero) is 1. The molecule has 26 heavy (non-hydrogen) atoms. The molecule has 0 aliphatic carbocycles. The molecule has 0 spiro atoms. The Bertz CT molecular complexity index is 413. The fraction of sp³-hybridized carbons (Fsp3) is 0.955. The summed E-state index contributed by atoms with van der Waals surface area (Å²) in [6.45, 7) is 25.8. The van der Waals surface area contributed by atoms with E-state index in [0.717, 1.165) is 0 Å². The monoisotopic (exact) mass is 386 g/mol. The van der Waals surface area contributed by atoms with E-state index in [1.165, 1.54) is 0 Å². The number of ketones is 1. The lowest BCUT2D eigenvalue weighted by Gasteiger charge is -2.47. The molecule has 0 saturated carbocycles. The van der Waals surface area contributed by atoms with E-state index >= 15 is 0 Å². The highest BCUT2D eigenvalue weighted by molar-refractivity contribution is 6.77. The molecule has 1 N–H and O–H groups in total. The van der Waals surface area contributed by atoms with Gasteiger partial charge < -0.3 is 9.53 Å². The number of hydrogen-bond acceptors (Lipinski definition) is 3. The number of aliphatic hydroxyl groups is 1. The van der Waals surface area contributed by atoms with E-state index in [1.54, 1.807) is 0 Å². The fourth-order valence-corrected chi connectivity index (χ4v) is 10.2. The SMILES string of the molecule is CC(C)[C@H](O[Si](C(C)C)(C(C)C)C(C)C)[C@@H](C)[C@@H](O)CC(=O)C(C)(C)C. The first kappa shape index (κ1) is 25.8. The zero-order valence-corrected chi connectivity index (χ0v) is 20.5. The first-order chi connectivity index (χ1) is 11.6. The topological polar surface area (TPSA) is 46.5 Å². The van der Waals surface area contributed by atoms with Crippen LogP contribution in [0.1, 0.15) is 89.5 Å². The van der Waals surface area contributed by atoms with Crippen LogP contribution in [0.15, 0.2) is 0 Å². The predicted octanol–water partition coefficient (Wildman–Crippen LogP) is 6.21. The lowest BCUT2D eigenvalue weighted by atomic mass is 9.82. The fourth-order valence-electron chi connectivity index (χ4n) is 4.40. The maximum Gasteiger partial charge on any atom is 0.200 e. The Morgan fingerprint density at radius 1 is 0.885 bits per heavy atom. The molecule has 0 aliphatic rings. The molecule has 0 radical (unpaired) electrons. The van der Waals surface area contributed by atoms with E-state index in [9.17, 15) is 9.90 Å². The van der Waals surface area contributed by atoms with Crippen LogP contribution in [-0.2, 0) is 9.22 Å². The normalized spacial score (nSPS) is 17.3. The van der Waals surface area contributed by atoms with Crippen LogP contribution >= 0.6 is 0 Å². The molecule has 0 aromatic carbocycles. The molecule has 0 bridgehead atoms. The number of rotatable bonds is 10. The van der Waals surface area contributed by atoms with Crippen molar-refractivity contribution in [1.29, 1.82) is 0 Å². The van der Waals surface area contributed by atoms with Gasteiger partial charge in [0.15, 0.2) is 0 Å². The third-order valence-corrected chi connectivity index (χ3v) is 12.2. The zero-order chi connectivity index (χ0) is 21.0. The summed E-state index contributed by atoms with van der Waals surface area (Å²) in [5.41, 5.74) is 1.10. The van der Waals surface area contributed by atoms with Crippen LogP contribution < -0.4 is 0 Å². The number of carbonyl (C=O) groups is 1. The van der Waals surface area contributed by atoms with E-state index < -0.39 is 19.8 Å². The number of hydrogen-bond donors (Lipinski definition) is 1. The van der Waals surface area contributed by atoms with Crippen LogP contribution in [0.2, 0.25) is 16.6 Å². The van der Waals surface area contributed by atoms with E-state index in [1.807, 2.05) is 27.7 Å². The van der Waals surface area contributed by atoms with Gasteiger partial charge in [0, 0.05) is 17.8 Å². The summed E-state index contributed by atoms with van der Waals surface area (Å²) in [6.07, 6.45) is -0.486. The van der Waals surface area contributed by atoms with Crippen molar-refractivity contribution in [3.8, 4) is 0 Å². The van der Waals surface area contributed by atoms with Gasteiger partial charge >= 0.3 is 0 Å². The van der Waals surface area contributed by atoms with E-state index in [4.69, 9.17) is 4.43 Å². The molecule has 0 aromatic rings. The second-order valence-corrected chi connectivity index (χ2v) is 15.9. The van der Waals surface area contributed by atoms with Gasteiger partial charge in [-0.25, -0.2) is 0 Å². The van der Waals surface area contributed by atoms with Crippen molar-refractivity contribution in [2.24, 2.45) is 17.3 Å². The maximum atomic E-state index is 12.4. The molecule has 0 rings (SSSR count). The van der Waals surface area contributed by atoms with Crippen LogP contribution in [0.4, 0.5) is 0 Å². The van der Waals surface area contributed by atoms with Crippen molar-refractivity contribution < 1.29 is 14.3 Å². The lowest BCUT2D eigenvalue weighted by molar-refractivity contribution is -0.129. The standard InChI is InChI=1S/C22H46O3Si/c1-14(2)21(18(9)19(23)13-20(24)22(10,11)12)25-26(15(3)4,16(5)6)17(7)8/h14-19,21,23H,13H2,1-12H3/t18-,19-,21-/m0/s1. The average molecular weight is 387 g/mol.